The predicted octanol–water partition coefficient (Wildman–Crippen LogP) is 4.89. The number of nitrogens with zero attached hydrogens (tertiary/aromatic N) is 4. The molecule has 0 spiro atoms. The number of aliphatic hydroxyl groups excluding tert-OH is 1. The summed E-state index contributed by atoms with van der Waals surface area (Å²) in [7, 11) is 0. The molecule has 0 radical (unpaired) electrons. The summed E-state index contributed by atoms with van der Waals surface area (Å²) < 4.78 is 5.85. The van der Waals surface area contributed by atoms with Gasteiger partial charge in [-0.15, -0.1) is 11.3 Å². The first kappa shape index (κ1) is 24.2. The standard InChI is InChI=1S/C26H24ClN5O3S/c27-20-12-18(6-7-21(20)35-15-17-4-3-9-28-13-17)31-25-24-19-8-10-32(23(34)5-1-2-11-33)14-22(19)36-26(24)30-16-29-25/h1,3-7,9,12-13,16,33H,2,8,10-11,14-15H2,(H,29,30,31)/b5-1+. The SMILES string of the molecule is O=C(/C=C/CCO)N1CCc2c(sc3ncnc(Nc4ccc(OCc5cccnc5)c(Cl)c4)c23)C1. The van der Waals surface area contributed by atoms with E-state index in [1.807, 2.05) is 35.2 Å². The van der Waals surface area contributed by atoms with E-state index in [2.05, 4.69) is 20.3 Å². The van der Waals surface area contributed by atoms with E-state index in [1.165, 1.54) is 11.6 Å². The van der Waals surface area contributed by atoms with Crippen molar-refractivity contribution in [2.45, 2.75) is 26.0 Å². The molecule has 1 aliphatic heterocycles. The van der Waals surface area contributed by atoms with Gasteiger partial charge in [0, 0.05) is 41.7 Å². The number of ether oxygens (including phenoxy) is 1. The van der Waals surface area contributed by atoms with Gasteiger partial charge in [-0.05, 0) is 48.7 Å². The van der Waals surface area contributed by atoms with E-state index in [0.717, 1.165) is 32.8 Å². The summed E-state index contributed by atoms with van der Waals surface area (Å²) in [5.41, 5.74) is 2.92. The Morgan fingerprint density at radius 2 is 2.22 bits per heavy atom. The normalized spacial score (nSPS) is 13.2. The molecule has 0 unspecified atom stereocenters. The third-order valence-electron chi connectivity index (χ3n) is 5.82. The highest BCUT2D eigenvalue weighted by Crippen LogP contribution is 2.38. The molecule has 0 saturated heterocycles. The Hall–Kier alpha value is -3.53. The average Bonchev–Trinajstić information content (AvgIpc) is 3.28. The van der Waals surface area contributed by atoms with Crippen LogP contribution >= 0.6 is 22.9 Å². The molecule has 8 nitrogen and oxygen atoms in total. The van der Waals surface area contributed by atoms with Gasteiger partial charge in [0.05, 0.1) is 17.0 Å². The van der Waals surface area contributed by atoms with Crippen LogP contribution in [-0.4, -0.2) is 44.0 Å². The van der Waals surface area contributed by atoms with Gasteiger partial charge in [-0.25, -0.2) is 9.97 Å². The third kappa shape index (κ3) is 5.33. The number of pyridine rings is 1. The lowest BCUT2D eigenvalue weighted by Crippen LogP contribution is -2.34. The van der Waals surface area contributed by atoms with Crippen LogP contribution < -0.4 is 10.1 Å². The number of aliphatic hydroxyl groups is 1. The van der Waals surface area contributed by atoms with Gasteiger partial charge in [-0.2, -0.15) is 0 Å². The Morgan fingerprint density at radius 3 is 3.03 bits per heavy atom. The molecule has 0 aliphatic carbocycles. The van der Waals surface area contributed by atoms with Gasteiger partial charge in [0.2, 0.25) is 5.91 Å². The molecule has 4 aromatic rings. The number of carbonyl (C=O) groups excluding carboxylic acids is 1. The first-order valence-corrected chi connectivity index (χ1v) is 12.7. The molecule has 0 atom stereocenters. The molecule has 5 rings (SSSR count). The lowest BCUT2D eigenvalue weighted by molar-refractivity contribution is -0.126. The van der Waals surface area contributed by atoms with Crippen LogP contribution in [0.25, 0.3) is 10.2 Å². The second kappa shape index (κ2) is 11.0. The topological polar surface area (TPSA) is 100 Å². The molecule has 10 heteroatoms. The molecular formula is C26H24ClN5O3S. The summed E-state index contributed by atoms with van der Waals surface area (Å²) in [6.07, 6.45) is 9.46. The minimum Gasteiger partial charge on any atom is -0.487 e. The number of aromatic nitrogens is 3. The second-order valence-electron chi connectivity index (χ2n) is 8.25. The van der Waals surface area contributed by atoms with Gasteiger partial charge in [0.1, 0.15) is 29.3 Å². The zero-order valence-corrected chi connectivity index (χ0v) is 20.9. The molecule has 1 aliphatic rings. The van der Waals surface area contributed by atoms with Crippen molar-refractivity contribution >= 4 is 50.6 Å². The number of hydrogen-bond acceptors (Lipinski definition) is 8. The lowest BCUT2D eigenvalue weighted by Gasteiger charge is -2.26. The number of fused-ring (bicyclic) bond motifs is 3. The number of benzene rings is 1. The minimum absolute atomic E-state index is 0.0328. The number of hydrogen-bond donors (Lipinski definition) is 2. The highest BCUT2D eigenvalue weighted by atomic mass is 35.5. The van der Waals surface area contributed by atoms with E-state index in [9.17, 15) is 4.79 Å². The molecule has 3 aromatic heterocycles. The van der Waals surface area contributed by atoms with Crippen LogP contribution in [0.1, 0.15) is 22.4 Å². The maximum Gasteiger partial charge on any atom is 0.246 e. The fraction of sp³-hybridized carbons (Fsp3) is 0.231. The Balaban J connectivity index is 1.33. The minimum atomic E-state index is -0.0449. The molecule has 4 heterocycles. The average molecular weight is 522 g/mol. The summed E-state index contributed by atoms with van der Waals surface area (Å²) in [5.74, 6) is 1.25. The van der Waals surface area contributed by atoms with Crippen molar-refractivity contribution in [2.75, 3.05) is 18.5 Å². The van der Waals surface area contributed by atoms with Crippen molar-refractivity contribution in [3.05, 3.63) is 82.2 Å². The molecule has 2 N–H and O–H groups in total. The summed E-state index contributed by atoms with van der Waals surface area (Å²) in [4.78, 5) is 29.4. The van der Waals surface area contributed by atoms with Crippen LogP contribution in [0, 0.1) is 0 Å². The molecule has 0 saturated carbocycles. The maximum absolute atomic E-state index is 12.5. The van der Waals surface area contributed by atoms with Gasteiger partial charge >= 0.3 is 0 Å². The van der Waals surface area contributed by atoms with Crippen molar-refractivity contribution < 1.29 is 14.6 Å². The van der Waals surface area contributed by atoms with E-state index >= 15 is 0 Å². The highest BCUT2D eigenvalue weighted by molar-refractivity contribution is 7.19. The largest absolute Gasteiger partial charge is 0.487 e. The zero-order valence-electron chi connectivity index (χ0n) is 19.4. The van der Waals surface area contributed by atoms with Gasteiger partial charge < -0.3 is 20.1 Å². The molecule has 0 fully saturated rings. The Labute approximate surface area is 217 Å². The van der Waals surface area contributed by atoms with Gasteiger partial charge in [-0.1, -0.05) is 23.7 Å². The molecule has 1 aromatic carbocycles. The Morgan fingerprint density at radius 1 is 1.31 bits per heavy atom. The number of rotatable bonds is 8. The van der Waals surface area contributed by atoms with Crippen molar-refractivity contribution in [3.63, 3.8) is 0 Å². The molecule has 1 amide bonds. The maximum atomic E-state index is 12.5. The van der Waals surface area contributed by atoms with Crippen LogP contribution in [0.15, 0.2) is 61.2 Å². The quantitative estimate of drug-likeness (QED) is 0.318. The monoisotopic (exact) mass is 521 g/mol. The first-order valence-electron chi connectivity index (χ1n) is 11.5. The van der Waals surface area contributed by atoms with E-state index in [-0.39, 0.29) is 12.5 Å². The van der Waals surface area contributed by atoms with Gasteiger partial charge in [0.15, 0.2) is 0 Å². The van der Waals surface area contributed by atoms with Crippen LogP contribution in [0.2, 0.25) is 5.02 Å². The lowest BCUT2D eigenvalue weighted by atomic mass is 10.0. The molecule has 0 bridgehead atoms. The van der Waals surface area contributed by atoms with E-state index in [0.29, 0.717) is 42.7 Å². The van der Waals surface area contributed by atoms with Crippen LogP contribution in [0.4, 0.5) is 11.5 Å². The Kier molecular flexibility index (Phi) is 7.41. The fourth-order valence-electron chi connectivity index (χ4n) is 4.05. The molecule has 36 heavy (non-hydrogen) atoms. The van der Waals surface area contributed by atoms with Crippen LogP contribution in [-0.2, 0) is 24.4 Å². The van der Waals surface area contributed by atoms with E-state index in [4.69, 9.17) is 21.4 Å². The van der Waals surface area contributed by atoms with E-state index < -0.39 is 0 Å². The van der Waals surface area contributed by atoms with Crippen molar-refractivity contribution in [1.29, 1.82) is 0 Å². The van der Waals surface area contributed by atoms with Gasteiger partial charge in [0.25, 0.3) is 0 Å². The van der Waals surface area contributed by atoms with Gasteiger partial charge in [-0.3, -0.25) is 9.78 Å². The summed E-state index contributed by atoms with van der Waals surface area (Å²) in [6, 6.07) is 9.35. The number of carbonyl (C=O) groups is 1. The first-order chi connectivity index (χ1) is 17.6. The highest BCUT2D eigenvalue weighted by Gasteiger charge is 2.25. The Bertz CT molecular complexity index is 1410. The number of anilines is 2. The zero-order chi connectivity index (χ0) is 24.9. The van der Waals surface area contributed by atoms with Crippen LogP contribution in [0.3, 0.4) is 0 Å². The summed E-state index contributed by atoms with van der Waals surface area (Å²) >= 11 is 8.08. The van der Waals surface area contributed by atoms with Crippen LogP contribution in [0.5, 0.6) is 5.75 Å². The smallest absolute Gasteiger partial charge is 0.246 e. The molecular weight excluding hydrogens is 498 g/mol. The van der Waals surface area contributed by atoms with E-state index in [1.54, 1.807) is 36.1 Å². The fourth-order valence-corrected chi connectivity index (χ4v) is 5.49. The third-order valence-corrected chi connectivity index (χ3v) is 7.24. The second-order valence-corrected chi connectivity index (χ2v) is 9.74. The van der Waals surface area contributed by atoms with Crippen molar-refractivity contribution in [3.8, 4) is 5.75 Å². The molecule has 184 valence electrons. The number of halogens is 1. The van der Waals surface area contributed by atoms with Crippen molar-refractivity contribution in [2.24, 2.45) is 0 Å². The van der Waals surface area contributed by atoms with Crippen molar-refractivity contribution in [1.82, 2.24) is 19.9 Å². The summed E-state index contributed by atoms with van der Waals surface area (Å²) in [5, 5.41) is 13.8. The summed E-state index contributed by atoms with van der Waals surface area (Å²) in [6.45, 7) is 1.56. The predicted molar refractivity (Wildman–Crippen MR) is 141 cm³/mol. The number of amides is 1. The number of nitrogens with one attached hydrogen (secondary N) is 1. The number of thiophene rings is 1.